The molecule has 0 saturated carbocycles. The maximum absolute atomic E-state index is 12.9. The lowest BCUT2D eigenvalue weighted by Gasteiger charge is -2.12. The van der Waals surface area contributed by atoms with Gasteiger partial charge in [-0.3, -0.25) is 4.79 Å². The maximum atomic E-state index is 12.9. The molecule has 8 heteroatoms. The minimum atomic E-state index is -4.81. The van der Waals surface area contributed by atoms with Crippen molar-refractivity contribution >= 4 is 16.8 Å². The first-order valence-electron chi connectivity index (χ1n) is 9.04. The molecule has 30 heavy (non-hydrogen) atoms. The van der Waals surface area contributed by atoms with Crippen molar-refractivity contribution in [1.29, 1.82) is 0 Å². The highest BCUT2D eigenvalue weighted by atomic mass is 19.4. The summed E-state index contributed by atoms with van der Waals surface area (Å²) < 4.78 is 47.3. The third-order valence-electron chi connectivity index (χ3n) is 4.89. The van der Waals surface area contributed by atoms with E-state index in [0.29, 0.717) is 22.6 Å². The first-order valence-corrected chi connectivity index (χ1v) is 9.04. The molecule has 150 valence electrons. The van der Waals surface area contributed by atoms with Crippen LogP contribution in [0.1, 0.15) is 15.9 Å². The number of halogens is 3. The van der Waals surface area contributed by atoms with Crippen LogP contribution in [0.4, 0.5) is 13.2 Å². The third kappa shape index (κ3) is 3.26. The molecule has 0 unspecified atom stereocenters. The van der Waals surface area contributed by atoms with Crippen molar-refractivity contribution in [3.8, 4) is 28.4 Å². The van der Waals surface area contributed by atoms with Crippen LogP contribution in [0.3, 0.4) is 0 Å². The zero-order valence-corrected chi connectivity index (χ0v) is 15.3. The normalized spacial score (nSPS) is 13.4. The minimum absolute atomic E-state index is 0.100. The number of aromatic amines is 1. The number of pyridine rings is 1. The van der Waals surface area contributed by atoms with Gasteiger partial charge in [-0.05, 0) is 53.6 Å². The highest BCUT2D eigenvalue weighted by Crippen LogP contribution is 2.39. The van der Waals surface area contributed by atoms with Gasteiger partial charge in [0.2, 0.25) is 0 Å². The Morgan fingerprint density at radius 1 is 1.00 bits per heavy atom. The van der Waals surface area contributed by atoms with E-state index in [0.717, 1.165) is 28.2 Å². The zero-order chi connectivity index (χ0) is 20.9. The van der Waals surface area contributed by atoms with E-state index in [9.17, 15) is 18.0 Å². The molecule has 0 bridgehead atoms. The molecule has 0 radical (unpaired) electrons. The van der Waals surface area contributed by atoms with E-state index < -0.39 is 12.1 Å². The summed E-state index contributed by atoms with van der Waals surface area (Å²) in [5.74, 6) is 0.0257. The number of hydrogen-bond acceptors (Lipinski definition) is 4. The Morgan fingerprint density at radius 3 is 2.67 bits per heavy atom. The molecule has 0 fully saturated rings. The van der Waals surface area contributed by atoms with Crippen molar-refractivity contribution in [2.75, 3.05) is 0 Å². The van der Waals surface area contributed by atoms with Crippen molar-refractivity contribution in [3.63, 3.8) is 0 Å². The van der Waals surface area contributed by atoms with Crippen LogP contribution in [0.25, 0.3) is 22.2 Å². The number of carbonyl (C=O) groups is 1. The molecule has 4 aromatic rings. The molecule has 0 spiro atoms. The fraction of sp³-hybridized carbons (Fsp3) is 0.0909. The van der Waals surface area contributed by atoms with E-state index in [1.54, 1.807) is 24.5 Å². The van der Waals surface area contributed by atoms with Crippen molar-refractivity contribution in [2.45, 2.75) is 12.8 Å². The van der Waals surface area contributed by atoms with E-state index >= 15 is 0 Å². The van der Waals surface area contributed by atoms with Gasteiger partial charge in [-0.2, -0.15) is 0 Å². The summed E-state index contributed by atoms with van der Waals surface area (Å²) in [5, 5.41) is 0.914. The van der Waals surface area contributed by atoms with Gasteiger partial charge < -0.3 is 14.5 Å². The topological polar surface area (TPSA) is 64.2 Å². The Labute approximate surface area is 168 Å². The minimum Gasteiger partial charge on any atom is -0.456 e. The Balaban J connectivity index is 1.54. The fourth-order valence-corrected chi connectivity index (χ4v) is 3.59. The quantitative estimate of drug-likeness (QED) is 0.463. The summed E-state index contributed by atoms with van der Waals surface area (Å²) in [6.45, 7) is 0. The second-order valence-corrected chi connectivity index (χ2v) is 6.83. The number of nitrogens with zero attached hydrogens (tertiary/aromatic N) is 1. The Kier molecular flexibility index (Phi) is 4.02. The van der Waals surface area contributed by atoms with Gasteiger partial charge in [0.15, 0.2) is 5.78 Å². The van der Waals surface area contributed by atoms with Crippen LogP contribution in [-0.4, -0.2) is 22.1 Å². The number of rotatable bonds is 2. The highest BCUT2D eigenvalue weighted by Gasteiger charge is 2.32. The molecule has 0 saturated heterocycles. The number of benzene rings is 2. The molecular formula is C22H13F3N2O3. The molecule has 2 aromatic carbocycles. The summed E-state index contributed by atoms with van der Waals surface area (Å²) in [5.41, 5.74) is 3.14. The van der Waals surface area contributed by atoms with E-state index in [1.807, 2.05) is 18.2 Å². The second-order valence-electron chi connectivity index (χ2n) is 6.83. The smallest absolute Gasteiger partial charge is 0.456 e. The number of aromatic nitrogens is 2. The van der Waals surface area contributed by atoms with Gasteiger partial charge in [0.25, 0.3) is 0 Å². The van der Waals surface area contributed by atoms with Crippen LogP contribution in [0.15, 0.2) is 60.9 Å². The monoisotopic (exact) mass is 410 g/mol. The standard InChI is InChI=1S/C22H13F3N2O3/c23-22(24,25)30-14-2-4-19-13(9-14)11-18(28)17-10-12(1-3-20(17)29-19)15-5-7-26-21-16(15)6-8-27-21/h1-10H,11H2,(H,26,27). The van der Waals surface area contributed by atoms with Crippen LogP contribution in [0, 0.1) is 0 Å². The summed E-state index contributed by atoms with van der Waals surface area (Å²) in [7, 11) is 0. The highest BCUT2D eigenvalue weighted by molar-refractivity contribution is 6.03. The number of carbonyl (C=O) groups excluding carboxylic acids is 1. The molecule has 0 amide bonds. The SMILES string of the molecule is O=C1Cc2cc(OC(F)(F)F)ccc2Oc2ccc(-c3ccnc4[nH]ccc34)cc21. The molecule has 3 heterocycles. The first kappa shape index (κ1) is 18.2. The lowest BCUT2D eigenvalue weighted by atomic mass is 9.97. The number of nitrogens with one attached hydrogen (secondary N) is 1. The van der Waals surface area contributed by atoms with Crippen LogP contribution in [-0.2, 0) is 6.42 Å². The summed E-state index contributed by atoms with van der Waals surface area (Å²) >= 11 is 0. The Bertz CT molecular complexity index is 1290. The molecule has 2 aromatic heterocycles. The van der Waals surface area contributed by atoms with Gasteiger partial charge in [-0.1, -0.05) is 6.07 Å². The van der Waals surface area contributed by atoms with E-state index in [-0.39, 0.29) is 12.2 Å². The maximum Gasteiger partial charge on any atom is 0.573 e. The van der Waals surface area contributed by atoms with Gasteiger partial charge in [0, 0.05) is 29.8 Å². The van der Waals surface area contributed by atoms with E-state index in [1.165, 1.54) is 12.1 Å². The number of ether oxygens (including phenoxy) is 2. The lowest BCUT2D eigenvalue weighted by molar-refractivity contribution is -0.274. The average Bonchev–Trinajstić information content (AvgIpc) is 3.12. The number of alkyl halides is 3. The summed E-state index contributed by atoms with van der Waals surface area (Å²) in [4.78, 5) is 20.2. The molecule has 1 aliphatic heterocycles. The molecule has 0 atom stereocenters. The second kappa shape index (κ2) is 6.62. The summed E-state index contributed by atoms with van der Waals surface area (Å²) in [6.07, 6.45) is -1.45. The fourth-order valence-electron chi connectivity index (χ4n) is 3.59. The van der Waals surface area contributed by atoms with Gasteiger partial charge in [-0.15, -0.1) is 13.2 Å². The van der Waals surface area contributed by atoms with Crippen molar-refractivity contribution < 1.29 is 27.4 Å². The Morgan fingerprint density at radius 2 is 1.83 bits per heavy atom. The number of ketones is 1. The van der Waals surface area contributed by atoms with Gasteiger partial charge in [0.1, 0.15) is 22.9 Å². The molecule has 1 aliphatic rings. The van der Waals surface area contributed by atoms with Gasteiger partial charge in [-0.25, -0.2) is 4.98 Å². The molecule has 5 rings (SSSR count). The largest absolute Gasteiger partial charge is 0.573 e. The Hall–Kier alpha value is -3.81. The van der Waals surface area contributed by atoms with E-state index in [2.05, 4.69) is 14.7 Å². The van der Waals surface area contributed by atoms with Crippen LogP contribution >= 0.6 is 0 Å². The van der Waals surface area contributed by atoms with Crippen molar-refractivity contribution in [2.24, 2.45) is 0 Å². The van der Waals surface area contributed by atoms with Gasteiger partial charge in [0.05, 0.1) is 5.56 Å². The van der Waals surface area contributed by atoms with Crippen LogP contribution < -0.4 is 9.47 Å². The molecule has 5 nitrogen and oxygen atoms in total. The molecule has 1 N–H and O–H groups in total. The van der Waals surface area contributed by atoms with Crippen molar-refractivity contribution in [3.05, 3.63) is 72.1 Å². The zero-order valence-electron chi connectivity index (χ0n) is 15.3. The average molecular weight is 410 g/mol. The molecular weight excluding hydrogens is 397 g/mol. The van der Waals surface area contributed by atoms with Crippen molar-refractivity contribution in [1.82, 2.24) is 9.97 Å². The molecule has 0 aliphatic carbocycles. The first-order chi connectivity index (χ1) is 14.4. The predicted octanol–water partition coefficient (Wildman–Crippen LogP) is 5.66. The number of Topliss-reactive ketones (excluding diaryl/α,β-unsaturated/α-hetero) is 1. The third-order valence-corrected chi connectivity index (χ3v) is 4.89. The van der Waals surface area contributed by atoms with Crippen LogP contribution in [0.2, 0.25) is 0 Å². The summed E-state index contributed by atoms with van der Waals surface area (Å²) in [6, 6.07) is 12.7. The number of H-pyrrole nitrogens is 1. The number of fused-ring (bicyclic) bond motifs is 3. The predicted molar refractivity (Wildman–Crippen MR) is 103 cm³/mol. The van der Waals surface area contributed by atoms with Crippen LogP contribution in [0.5, 0.6) is 17.2 Å². The lowest BCUT2D eigenvalue weighted by Crippen LogP contribution is -2.17. The van der Waals surface area contributed by atoms with Gasteiger partial charge >= 0.3 is 6.36 Å². The number of hydrogen-bond donors (Lipinski definition) is 1. The van der Waals surface area contributed by atoms with E-state index in [4.69, 9.17) is 4.74 Å².